The summed E-state index contributed by atoms with van der Waals surface area (Å²) < 4.78 is 15.5. The SMILES string of the molecule is Cn1cnnc1Sc1ccc(C(=O)Nc2nc3ccc(F)cc3s2)cc1[N+](=O)[O-]. The number of aryl methyl sites for hydroxylation is 1. The Bertz CT molecular complexity index is 1260. The molecule has 0 unspecified atom stereocenters. The van der Waals surface area contributed by atoms with E-state index in [4.69, 9.17) is 0 Å². The second-order valence-corrected chi connectivity index (χ2v) is 7.89. The lowest BCUT2D eigenvalue weighted by molar-refractivity contribution is -0.387. The van der Waals surface area contributed by atoms with Crippen molar-refractivity contribution in [1.29, 1.82) is 0 Å². The lowest BCUT2D eigenvalue weighted by atomic mass is 10.2. The number of carbonyl (C=O) groups excluding carboxylic acids is 1. The van der Waals surface area contributed by atoms with Gasteiger partial charge in [-0.15, -0.1) is 10.2 Å². The van der Waals surface area contributed by atoms with E-state index in [1.807, 2.05) is 0 Å². The first kappa shape index (κ1) is 19.0. The van der Waals surface area contributed by atoms with E-state index in [1.54, 1.807) is 11.6 Å². The maximum absolute atomic E-state index is 13.3. The molecular formula is C17H11FN6O3S2. The van der Waals surface area contributed by atoms with E-state index in [-0.39, 0.29) is 16.4 Å². The van der Waals surface area contributed by atoms with Gasteiger partial charge in [0.05, 0.1) is 20.0 Å². The Balaban J connectivity index is 1.60. The molecule has 0 aliphatic heterocycles. The Morgan fingerprint density at radius 3 is 2.86 bits per heavy atom. The van der Waals surface area contributed by atoms with Crippen LogP contribution in [0.3, 0.4) is 0 Å². The van der Waals surface area contributed by atoms with Crippen LogP contribution >= 0.6 is 23.1 Å². The lowest BCUT2D eigenvalue weighted by Gasteiger charge is -2.05. The molecule has 0 fully saturated rings. The van der Waals surface area contributed by atoms with Gasteiger partial charge in [-0.25, -0.2) is 9.37 Å². The minimum atomic E-state index is -0.560. The number of hydrogen-bond acceptors (Lipinski definition) is 8. The molecule has 0 aliphatic rings. The third kappa shape index (κ3) is 3.93. The maximum atomic E-state index is 13.3. The zero-order valence-corrected chi connectivity index (χ0v) is 16.3. The van der Waals surface area contributed by atoms with E-state index in [1.165, 1.54) is 42.7 Å². The summed E-state index contributed by atoms with van der Waals surface area (Å²) in [6.07, 6.45) is 1.49. The summed E-state index contributed by atoms with van der Waals surface area (Å²) in [5.41, 5.74) is 0.426. The highest BCUT2D eigenvalue weighted by Gasteiger charge is 2.20. The number of nitro benzene ring substituents is 1. The number of hydrogen-bond donors (Lipinski definition) is 1. The van der Waals surface area contributed by atoms with E-state index < -0.39 is 16.6 Å². The van der Waals surface area contributed by atoms with Gasteiger partial charge in [0.25, 0.3) is 11.6 Å². The number of aromatic nitrogens is 4. The van der Waals surface area contributed by atoms with Crippen molar-refractivity contribution >= 4 is 50.0 Å². The first-order valence-corrected chi connectivity index (χ1v) is 9.72. The summed E-state index contributed by atoms with van der Waals surface area (Å²) in [7, 11) is 1.72. The molecule has 1 N–H and O–H groups in total. The molecule has 2 aromatic heterocycles. The predicted octanol–water partition coefficient (Wildman–Crippen LogP) is 3.88. The van der Waals surface area contributed by atoms with Gasteiger partial charge in [0.1, 0.15) is 12.1 Å². The van der Waals surface area contributed by atoms with Crippen LogP contribution < -0.4 is 5.32 Å². The van der Waals surface area contributed by atoms with E-state index >= 15 is 0 Å². The average molecular weight is 430 g/mol. The topological polar surface area (TPSA) is 116 Å². The number of fused-ring (bicyclic) bond motifs is 1. The van der Waals surface area contributed by atoms with Crippen LogP contribution in [0.15, 0.2) is 52.8 Å². The van der Waals surface area contributed by atoms with Gasteiger partial charge < -0.3 is 4.57 Å². The Labute approximate surface area is 170 Å². The third-order valence-electron chi connectivity index (χ3n) is 3.86. The summed E-state index contributed by atoms with van der Waals surface area (Å²) in [6, 6.07) is 8.28. The number of rotatable bonds is 5. The van der Waals surface area contributed by atoms with E-state index in [9.17, 15) is 19.3 Å². The molecule has 0 saturated carbocycles. The standard InChI is InChI=1S/C17H11FN6O3S2/c1-23-8-19-22-17(23)29-13-5-2-9(6-12(13)24(26)27)15(25)21-16-20-11-4-3-10(18)7-14(11)28-16/h2-8H,1H3,(H,20,21,25). The highest BCUT2D eigenvalue weighted by Crippen LogP contribution is 2.34. The van der Waals surface area contributed by atoms with Gasteiger partial charge >= 0.3 is 0 Å². The number of thiazole rings is 1. The Morgan fingerprint density at radius 1 is 1.31 bits per heavy atom. The van der Waals surface area contributed by atoms with Crippen molar-refractivity contribution in [1.82, 2.24) is 19.7 Å². The van der Waals surface area contributed by atoms with Crippen LogP contribution in [0.1, 0.15) is 10.4 Å². The van der Waals surface area contributed by atoms with Gasteiger partial charge in [0, 0.05) is 18.7 Å². The molecular weight excluding hydrogens is 419 g/mol. The summed E-state index contributed by atoms with van der Waals surface area (Å²) in [5, 5.41) is 22.5. The van der Waals surface area contributed by atoms with Crippen molar-refractivity contribution in [2.75, 3.05) is 5.32 Å². The van der Waals surface area contributed by atoms with Crippen LogP contribution in [-0.2, 0) is 7.05 Å². The van der Waals surface area contributed by atoms with Crippen molar-refractivity contribution in [3.05, 3.63) is 64.2 Å². The molecule has 0 saturated heterocycles. The molecule has 0 atom stereocenters. The van der Waals surface area contributed by atoms with Crippen LogP contribution in [0.2, 0.25) is 0 Å². The molecule has 146 valence electrons. The molecule has 0 radical (unpaired) electrons. The predicted molar refractivity (Wildman–Crippen MR) is 106 cm³/mol. The molecule has 0 spiro atoms. The minimum Gasteiger partial charge on any atom is -0.311 e. The summed E-state index contributed by atoms with van der Waals surface area (Å²) >= 11 is 2.19. The molecule has 9 nitrogen and oxygen atoms in total. The van der Waals surface area contributed by atoms with Crippen molar-refractivity contribution in [2.24, 2.45) is 7.05 Å². The highest BCUT2D eigenvalue weighted by molar-refractivity contribution is 7.99. The number of nitrogens with zero attached hydrogens (tertiary/aromatic N) is 5. The number of carbonyl (C=O) groups is 1. The van der Waals surface area contributed by atoms with E-state index in [0.29, 0.717) is 20.3 Å². The van der Waals surface area contributed by atoms with Crippen LogP contribution in [0.25, 0.3) is 10.2 Å². The van der Waals surface area contributed by atoms with Gasteiger partial charge in [-0.3, -0.25) is 20.2 Å². The van der Waals surface area contributed by atoms with Crippen molar-refractivity contribution in [2.45, 2.75) is 10.1 Å². The minimum absolute atomic E-state index is 0.101. The van der Waals surface area contributed by atoms with Crippen molar-refractivity contribution < 1.29 is 14.1 Å². The molecule has 2 heterocycles. The second-order valence-electron chi connectivity index (χ2n) is 5.85. The number of nitro groups is 1. The van der Waals surface area contributed by atoms with Gasteiger partial charge in [0.2, 0.25) is 0 Å². The van der Waals surface area contributed by atoms with Crippen LogP contribution in [-0.4, -0.2) is 30.6 Å². The fraction of sp³-hybridized carbons (Fsp3) is 0.0588. The Morgan fingerprint density at radius 2 is 2.14 bits per heavy atom. The molecule has 0 aliphatic carbocycles. The summed E-state index contributed by atoms with van der Waals surface area (Å²) in [4.78, 5) is 28.0. The van der Waals surface area contributed by atoms with Crippen LogP contribution in [0.4, 0.5) is 15.2 Å². The van der Waals surface area contributed by atoms with E-state index in [2.05, 4.69) is 20.5 Å². The number of amides is 1. The quantitative estimate of drug-likeness (QED) is 0.377. The average Bonchev–Trinajstić information content (AvgIpc) is 3.26. The molecule has 0 bridgehead atoms. The number of benzene rings is 2. The second kappa shape index (κ2) is 7.56. The number of nitrogens with one attached hydrogen (secondary N) is 1. The Kier molecular flexibility index (Phi) is 4.94. The molecule has 29 heavy (non-hydrogen) atoms. The molecule has 4 aromatic rings. The third-order valence-corrected chi connectivity index (χ3v) is 5.91. The fourth-order valence-electron chi connectivity index (χ4n) is 2.47. The molecule has 1 amide bonds. The number of halogens is 1. The normalized spacial score (nSPS) is 11.0. The first-order valence-electron chi connectivity index (χ1n) is 8.08. The Hall–Kier alpha value is -3.38. The molecule has 12 heteroatoms. The highest BCUT2D eigenvalue weighted by atomic mass is 32.2. The molecule has 4 rings (SSSR count). The van der Waals surface area contributed by atoms with E-state index in [0.717, 1.165) is 23.1 Å². The molecule has 2 aromatic carbocycles. The number of anilines is 1. The van der Waals surface area contributed by atoms with Gasteiger partial charge in [0.15, 0.2) is 10.3 Å². The van der Waals surface area contributed by atoms with Crippen LogP contribution in [0.5, 0.6) is 0 Å². The summed E-state index contributed by atoms with van der Waals surface area (Å²) in [5.74, 6) is -0.950. The lowest BCUT2D eigenvalue weighted by Crippen LogP contribution is -2.12. The van der Waals surface area contributed by atoms with Crippen molar-refractivity contribution in [3.63, 3.8) is 0 Å². The maximum Gasteiger partial charge on any atom is 0.284 e. The zero-order valence-electron chi connectivity index (χ0n) is 14.7. The largest absolute Gasteiger partial charge is 0.311 e. The summed E-state index contributed by atoms with van der Waals surface area (Å²) in [6.45, 7) is 0. The van der Waals surface area contributed by atoms with Crippen LogP contribution in [0, 0.1) is 15.9 Å². The van der Waals surface area contributed by atoms with Crippen molar-refractivity contribution in [3.8, 4) is 0 Å². The first-order chi connectivity index (χ1) is 13.9. The smallest absolute Gasteiger partial charge is 0.284 e. The monoisotopic (exact) mass is 430 g/mol. The van der Waals surface area contributed by atoms with Gasteiger partial charge in [-0.05, 0) is 42.1 Å². The fourth-order valence-corrected chi connectivity index (χ4v) is 4.21. The van der Waals surface area contributed by atoms with Gasteiger partial charge in [-0.1, -0.05) is 11.3 Å². The van der Waals surface area contributed by atoms with Gasteiger partial charge in [-0.2, -0.15) is 0 Å². The zero-order chi connectivity index (χ0) is 20.5.